The number of aromatic nitrogens is 2. The summed E-state index contributed by atoms with van der Waals surface area (Å²) in [6.07, 6.45) is 8.01. The van der Waals surface area contributed by atoms with Crippen molar-refractivity contribution in [2.24, 2.45) is 11.5 Å². The summed E-state index contributed by atoms with van der Waals surface area (Å²) < 4.78 is 4.14. The Balaban J connectivity index is 0.000000171. The van der Waals surface area contributed by atoms with Crippen LogP contribution in [0.4, 0.5) is 0 Å². The molecule has 0 saturated heterocycles. The molecule has 0 spiro atoms. The fourth-order valence-electron chi connectivity index (χ4n) is 2.92. The smallest absolute Gasteiger partial charge is 0.248 e. The number of amides is 2. The van der Waals surface area contributed by atoms with E-state index >= 15 is 0 Å². The van der Waals surface area contributed by atoms with E-state index < -0.39 is 0 Å². The van der Waals surface area contributed by atoms with E-state index in [0.717, 1.165) is 24.2 Å². The molecule has 6 nitrogen and oxygen atoms in total. The Bertz CT molecular complexity index is 976. The number of hydrogen-bond donors (Lipinski definition) is 2. The molecule has 30 heavy (non-hydrogen) atoms. The van der Waals surface area contributed by atoms with Gasteiger partial charge in [0.2, 0.25) is 11.8 Å². The van der Waals surface area contributed by atoms with Gasteiger partial charge in [0.05, 0.1) is 0 Å². The first-order chi connectivity index (χ1) is 14.5. The van der Waals surface area contributed by atoms with Crippen molar-refractivity contribution in [1.82, 2.24) is 9.13 Å². The molecule has 0 fully saturated rings. The number of benzene rings is 2. The molecule has 2 heterocycles. The van der Waals surface area contributed by atoms with Gasteiger partial charge in [0.25, 0.3) is 0 Å². The van der Waals surface area contributed by atoms with E-state index in [0.29, 0.717) is 11.1 Å². The highest BCUT2D eigenvalue weighted by atomic mass is 16.1. The van der Waals surface area contributed by atoms with Gasteiger partial charge in [-0.25, -0.2) is 0 Å². The van der Waals surface area contributed by atoms with Crippen LogP contribution in [0.15, 0.2) is 97.6 Å². The third kappa shape index (κ3) is 5.97. The van der Waals surface area contributed by atoms with E-state index in [1.165, 1.54) is 0 Å². The second-order valence-corrected chi connectivity index (χ2v) is 6.83. The van der Waals surface area contributed by atoms with Crippen molar-refractivity contribution >= 4 is 11.8 Å². The normalized spacial score (nSPS) is 10.1. The number of rotatable bonds is 6. The first-order valence-electron chi connectivity index (χ1n) is 9.50. The van der Waals surface area contributed by atoms with Crippen LogP contribution < -0.4 is 11.5 Å². The van der Waals surface area contributed by atoms with E-state index in [1.54, 1.807) is 24.3 Å². The van der Waals surface area contributed by atoms with Crippen LogP contribution in [0.25, 0.3) is 0 Å². The van der Waals surface area contributed by atoms with Gasteiger partial charge < -0.3 is 20.6 Å². The summed E-state index contributed by atoms with van der Waals surface area (Å²) in [6.45, 7) is 1.62. The highest BCUT2D eigenvalue weighted by Crippen LogP contribution is 2.07. The van der Waals surface area contributed by atoms with Crippen molar-refractivity contribution < 1.29 is 9.59 Å². The molecule has 0 unspecified atom stereocenters. The van der Waals surface area contributed by atoms with Gasteiger partial charge in [0.15, 0.2) is 0 Å². The molecule has 0 radical (unpaired) electrons. The van der Waals surface area contributed by atoms with Gasteiger partial charge in [-0.05, 0) is 59.7 Å². The minimum absolute atomic E-state index is 0.387. The summed E-state index contributed by atoms with van der Waals surface area (Å²) in [4.78, 5) is 21.7. The maximum atomic E-state index is 10.8. The van der Waals surface area contributed by atoms with E-state index in [-0.39, 0.29) is 11.8 Å². The van der Waals surface area contributed by atoms with E-state index in [4.69, 9.17) is 11.5 Å². The van der Waals surface area contributed by atoms with Crippen LogP contribution in [-0.4, -0.2) is 20.9 Å². The topological polar surface area (TPSA) is 96.0 Å². The largest absolute Gasteiger partial charge is 0.366 e. The van der Waals surface area contributed by atoms with Crippen LogP contribution >= 0.6 is 0 Å². The first kappa shape index (κ1) is 20.7. The molecule has 4 aromatic rings. The van der Waals surface area contributed by atoms with Crippen LogP contribution in [0.1, 0.15) is 31.8 Å². The van der Waals surface area contributed by atoms with E-state index in [9.17, 15) is 9.59 Å². The summed E-state index contributed by atoms with van der Waals surface area (Å²) in [6, 6.07) is 22.6. The van der Waals surface area contributed by atoms with Crippen molar-refractivity contribution in [2.45, 2.75) is 13.1 Å². The average molecular weight is 400 g/mol. The average Bonchev–Trinajstić information content (AvgIpc) is 3.44. The Morgan fingerprint density at radius 3 is 1.13 bits per heavy atom. The van der Waals surface area contributed by atoms with E-state index in [2.05, 4.69) is 9.13 Å². The predicted molar refractivity (Wildman–Crippen MR) is 117 cm³/mol. The van der Waals surface area contributed by atoms with Gasteiger partial charge in [0, 0.05) is 49.0 Å². The molecule has 6 heteroatoms. The zero-order valence-electron chi connectivity index (χ0n) is 16.5. The van der Waals surface area contributed by atoms with Gasteiger partial charge in [-0.3, -0.25) is 9.59 Å². The molecule has 152 valence electrons. The quantitative estimate of drug-likeness (QED) is 0.519. The molecule has 0 aliphatic heterocycles. The maximum Gasteiger partial charge on any atom is 0.248 e. The lowest BCUT2D eigenvalue weighted by Crippen LogP contribution is -2.10. The molecule has 4 rings (SSSR count). The van der Waals surface area contributed by atoms with Gasteiger partial charge in [-0.15, -0.1) is 0 Å². The molecule has 0 atom stereocenters. The predicted octanol–water partition coefficient (Wildman–Crippen LogP) is 3.27. The van der Waals surface area contributed by atoms with Crippen LogP contribution in [0.5, 0.6) is 0 Å². The van der Waals surface area contributed by atoms with Crippen LogP contribution in [0.3, 0.4) is 0 Å². The number of nitrogens with two attached hydrogens (primary N) is 2. The lowest BCUT2D eigenvalue weighted by molar-refractivity contribution is 0.0992. The number of carbonyl (C=O) groups excluding carboxylic acids is 2. The minimum atomic E-state index is -0.387. The van der Waals surface area contributed by atoms with Crippen LogP contribution in [-0.2, 0) is 13.1 Å². The maximum absolute atomic E-state index is 10.8. The summed E-state index contributed by atoms with van der Waals surface area (Å²) >= 11 is 0. The number of carbonyl (C=O) groups is 2. The number of nitrogens with zero attached hydrogens (tertiary/aromatic N) is 2. The number of hydrogen-bond acceptors (Lipinski definition) is 2. The summed E-state index contributed by atoms with van der Waals surface area (Å²) in [7, 11) is 0. The molecular weight excluding hydrogens is 376 g/mol. The highest BCUT2D eigenvalue weighted by molar-refractivity contribution is 5.93. The Labute approximate surface area is 175 Å². The fourth-order valence-corrected chi connectivity index (χ4v) is 2.92. The van der Waals surface area contributed by atoms with Crippen molar-refractivity contribution in [1.29, 1.82) is 0 Å². The first-order valence-corrected chi connectivity index (χ1v) is 9.50. The van der Waals surface area contributed by atoms with Gasteiger partial charge in [-0.2, -0.15) is 0 Å². The Kier molecular flexibility index (Phi) is 6.84. The molecule has 0 saturated carbocycles. The second-order valence-electron chi connectivity index (χ2n) is 6.83. The summed E-state index contributed by atoms with van der Waals surface area (Å²) in [5.74, 6) is -0.773. The molecule has 0 bridgehead atoms. The highest BCUT2D eigenvalue weighted by Gasteiger charge is 2.00. The Hall–Kier alpha value is -4.06. The van der Waals surface area contributed by atoms with Crippen molar-refractivity contribution in [3.63, 3.8) is 0 Å². The Morgan fingerprint density at radius 1 is 0.567 bits per heavy atom. The monoisotopic (exact) mass is 400 g/mol. The number of primary amides is 2. The van der Waals surface area contributed by atoms with Gasteiger partial charge in [-0.1, -0.05) is 24.3 Å². The lowest BCUT2D eigenvalue weighted by Gasteiger charge is -2.03. The van der Waals surface area contributed by atoms with Crippen LogP contribution in [0, 0.1) is 0 Å². The molecule has 2 aromatic carbocycles. The summed E-state index contributed by atoms with van der Waals surface area (Å²) in [5.41, 5.74) is 13.7. The standard InChI is InChI=1S/2C12H12N2O/c2*13-12(15)11-5-3-10(4-6-11)9-14-7-1-2-8-14/h2*1-8H,9H2,(H2,13,15). The lowest BCUT2D eigenvalue weighted by atomic mass is 10.1. The minimum Gasteiger partial charge on any atom is -0.366 e. The van der Waals surface area contributed by atoms with Crippen molar-refractivity contribution in [3.8, 4) is 0 Å². The van der Waals surface area contributed by atoms with Gasteiger partial charge in [0.1, 0.15) is 0 Å². The van der Waals surface area contributed by atoms with Crippen molar-refractivity contribution in [2.75, 3.05) is 0 Å². The molecule has 2 aromatic heterocycles. The SMILES string of the molecule is NC(=O)c1ccc(Cn2cccc2)cc1.NC(=O)c1ccc(Cn2cccc2)cc1. The Morgan fingerprint density at radius 2 is 0.867 bits per heavy atom. The zero-order chi connectivity index (χ0) is 21.3. The van der Waals surface area contributed by atoms with E-state index in [1.807, 2.05) is 73.3 Å². The fraction of sp³-hybridized carbons (Fsp3) is 0.0833. The second kappa shape index (κ2) is 9.93. The molecule has 0 aliphatic carbocycles. The molecular formula is C24H24N4O2. The van der Waals surface area contributed by atoms with Crippen LogP contribution in [0.2, 0.25) is 0 Å². The van der Waals surface area contributed by atoms with Gasteiger partial charge >= 0.3 is 0 Å². The molecule has 4 N–H and O–H groups in total. The summed E-state index contributed by atoms with van der Waals surface area (Å²) in [5, 5.41) is 0. The molecule has 0 aliphatic rings. The van der Waals surface area contributed by atoms with Crippen molar-refractivity contribution in [3.05, 3.63) is 120 Å². The zero-order valence-corrected chi connectivity index (χ0v) is 16.5. The third-order valence-electron chi connectivity index (χ3n) is 4.54. The third-order valence-corrected chi connectivity index (χ3v) is 4.54. The molecule has 2 amide bonds.